The van der Waals surface area contributed by atoms with E-state index >= 15 is 0 Å². The van der Waals surface area contributed by atoms with Gasteiger partial charge in [-0.15, -0.1) is 6.58 Å². The molecule has 1 aromatic carbocycles. The van der Waals surface area contributed by atoms with Crippen molar-refractivity contribution in [2.45, 2.75) is 33.1 Å². The smallest absolute Gasteiger partial charge is 0.0230 e. The summed E-state index contributed by atoms with van der Waals surface area (Å²) in [4.78, 5) is 0. The van der Waals surface area contributed by atoms with Crippen LogP contribution in [0.25, 0.3) is 0 Å². The van der Waals surface area contributed by atoms with Crippen molar-refractivity contribution in [2.24, 2.45) is 0 Å². The molecule has 0 aromatic heterocycles. The average molecular weight is 266 g/mol. The van der Waals surface area contributed by atoms with Gasteiger partial charge < -0.3 is 0 Å². The summed E-state index contributed by atoms with van der Waals surface area (Å²) >= 11 is 3.56. The number of hydrogen-bond donors (Lipinski definition) is 0. The second kappa shape index (κ2) is 4.52. The normalized spacial score (nSPS) is 11.9. The van der Waals surface area contributed by atoms with Crippen LogP contribution in [0.3, 0.4) is 0 Å². The second-order valence-electron chi connectivity index (χ2n) is 4.87. The minimum absolute atomic E-state index is 0.181. The maximum Gasteiger partial charge on any atom is 0.0230 e. The molecule has 15 heavy (non-hydrogen) atoms. The fraction of sp³-hybridized carbons (Fsp3) is 0.357. The van der Waals surface area contributed by atoms with E-state index < -0.39 is 0 Å². The summed E-state index contributed by atoms with van der Waals surface area (Å²) < 4.78 is 1.13. The van der Waals surface area contributed by atoms with Crippen molar-refractivity contribution in [3.63, 3.8) is 0 Å². The molecule has 0 unspecified atom stereocenters. The Morgan fingerprint density at radius 2 is 1.87 bits per heavy atom. The van der Waals surface area contributed by atoms with Gasteiger partial charge in [0, 0.05) is 10.4 Å². The molecule has 0 amide bonds. The average Bonchev–Trinajstić information content (AvgIpc) is 2.14. The van der Waals surface area contributed by atoms with Gasteiger partial charge in [-0.2, -0.15) is 0 Å². The van der Waals surface area contributed by atoms with Crippen molar-refractivity contribution in [2.75, 3.05) is 0 Å². The summed E-state index contributed by atoms with van der Waals surface area (Å²) in [5.41, 5.74) is 2.76. The molecule has 0 aliphatic heterocycles. The Morgan fingerprint density at radius 1 is 1.27 bits per heavy atom. The largest absolute Gasteiger partial charge is 0.102 e. The Labute approximate surface area is 102 Å². The summed E-state index contributed by atoms with van der Waals surface area (Å²) in [6, 6.07) is 6.55. The van der Waals surface area contributed by atoms with E-state index in [0.29, 0.717) is 0 Å². The first kappa shape index (κ1) is 12.5. The van der Waals surface area contributed by atoms with E-state index in [0.717, 1.165) is 4.47 Å². The van der Waals surface area contributed by atoms with Crippen LogP contribution in [-0.4, -0.2) is 0 Å². The fourth-order valence-corrected chi connectivity index (χ4v) is 1.86. The lowest BCUT2D eigenvalue weighted by atomic mass is 9.85. The number of hydrogen-bond acceptors (Lipinski definition) is 0. The van der Waals surface area contributed by atoms with Crippen molar-refractivity contribution in [3.8, 4) is 0 Å². The van der Waals surface area contributed by atoms with E-state index in [1.54, 1.807) is 0 Å². The van der Waals surface area contributed by atoms with Crippen LogP contribution in [-0.2, 0) is 5.41 Å². The summed E-state index contributed by atoms with van der Waals surface area (Å²) in [6.45, 7) is 12.6. The molecular formula is C14H18Br. The SMILES string of the molecule is C=C[C](C)c1cc(Br)cc(C(C)(C)C)c1. The van der Waals surface area contributed by atoms with E-state index in [1.807, 2.05) is 6.08 Å². The van der Waals surface area contributed by atoms with Gasteiger partial charge in [0.25, 0.3) is 0 Å². The van der Waals surface area contributed by atoms with Gasteiger partial charge >= 0.3 is 0 Å². The Hall–Kier alpha value is -0.560. The zero-order valence-electron chi connectivity index (χ0n) is 9.89. The van der Waals surface area contributed by atoms with E-state index in [9.17, 15) is 0 Å². The molecule has 0 fully saturated rings. The van der Waals surface area contributed by atoms with E-state index in [4.69, 9.17) is 0 Å². The highest BCUT2D eigenvalue weighted by Crippen LogP contribution is 2.29. The van der Waals surface area contributed by atoms with Gasteiger partial charge in [-0.1, -0.05) is 55.8 Å². The van der Waals surface area contributed by atoms with Gasteiger partial charge in [0.1, 0.15) is 0 Å². The highest BCUT2D eigenvalue weighted by Gasteiger charge is 2.15. The van der Waals surface area contributed by atoms with Crippen LogP contribution in [0.5, 0.6) is 0 Å². The second-order valence-corrected chi connectivity index (χ2v) is 5.78. The molecule has 1 rings (SSSR count). The van der Waals surface area contributed by atoms with Crippen LogP contribution in [0, 0.1) is 5.92 Å². The molecule has 0 bridgehead atoms. The van der Waals surface area contributed by atoms with Gasteiger partial charge in [-0.3, -0.25) is 0 Å². The molecule has 0 saturated carbocycles. The van der Waals surface area contributed by atoms with Crippen LogP contribution in [0.2, 0.25) is 0 Å². The molecule has 0 spiro atoms. The molecule has 0 aliphatic rings. The van der Waals surface area contributed by atoms with Gasteiger partial charge in [0.2, 0.25) is 0 Å². The van der Waals surface area contributed by atoms with Gasteiger partial charge in [-0.25, -0.2) is 0 Å². The molecule has 1 aromatic rings. The Kier molecular flexibility index (Phi) is 3.77. The van der Waals surface area contributed by atoms with Crippen molar-refractivity contribution >= 4 is 15.9 Å². The van der Waals surface area contributed by atoms with Crippen molar-refractivity contribution < 1.29 is 0 Å². The summed E-state index contributed by atoms with van der Waals surface area (Å²) in [5, 5.41) is 0. The Bertz CT molecular complexity index is 358. The summed E-state index contributed by atoms with van der Waals surface area (Å²) in [7, 11) is 0. The standard InChI is InChI=1S/C14H18Br/c1-6-10(2)11-7-12(14(3,4)5)9-13(15)8-11/h6-9H,1H2,2-5H3. The number of rotatable bonds is 2. The minimum Gasteiger partial charge on any atom is -0.102 e. The van der Waals surface area contributed by atoms with E-state index in [1.165, 1.54) is 17.0 Å². The third-order valence-electron chi connectivity index (χ3n) is 2.53. The molecule has 81 valence electrons. The molecular weight excluding hydrogens is 248 g/mol. The van der Waals surface area contributed by atoms with E-state index in [-0.39, 0.29) is 5.41 Å². The van der Waals surface area contributed by atoms with Gasteiger partial charge in [0.05, 0.1) is 0 Å². The third-order valence-corrected chi connectivity index (χ3v) is 2.98. The highest BCUT2D eigenvalue weighted by atomic mass is 79.9. The quantitative estimate of drug-likeness (QED) is 0.716. The lowest BCUT2D eigenvalue weighted by molar-refractivity contribution is 0.589. The lowest BCUT2D eigenvalue weighted by Crippen LogP contribution is -2.11. The van der Waals surface area contributed by atoms with Crippen LogP contribution in [0.1, 0.15) is 38.8 Å². The summed E-state index contributed by atoms with van der Waals surface area (Å²) in [6.07, 6.45) is 1.90. The van der Waals surface area contributed by atoms with Crippen molar-refractivity contribution in [1.82, 2.24) is 0 Å². The number of halogens is 1. The fourth-order valence-electron chi connectivity index (χ4n) is 1.37. The van der Waals surface area contributed by atoms with Crippen LogP contribution in [0.4, 0.5) is 0 Å². The topological polar surface area (TPSA) is 0 Å². The number of allylic oxidation sites excluding steroid dienone is 1. The molecule has 0 heterocycles. The van der Waals surface area contributed by atoms with Crippen molar-refractivity contribution in [3.05, 3.63) is 52.4 Å². The molecule has 1 heteroatoms. The third kappa shape index (κ3) is 3.20. The first-order valence-corrected chi connectivity index (χ1v) is 5.91. The molecule has 0 nitrogen and oxygen atoms in total. The van der Waals surface area contributed by atoms with Gasteiger partial charge in [0.15, 0.2) is 0 Å². The summed E-state index contributed by atoms with van der Waals surface area (Å²) in [5.74, 6) is 1.21. The predicted octanol–water partition coefficient (Wildman–Crippen LogP) is 4.88. The Balaban J connectivity index is 3.22. The van der Waals surface area contributed by atoms with Crippen LogP contribution >= 0.6 is 15.9 Å². The first-order valence-electron chi connectivity index (χ1n) is 5.12. The first-order chi connectivity index (χ1) is 6.84. The van der Waals surface area contributed by atoms with E-state index in [2.05, 4.69) is 68.4 Å². The van der Waals surface area contributed by atoms with Crippen LogP contribution in [0.15, 0.2) is 35.3 Å². The highest BCUT2D eigenvalue weighted by molar-refractivity contribution is 9.10. The maximum absolute atomic E-state index is 3.81. The van der Waals surface area contributed by atoms with Gasteiger partial charge in [-0.05, 0) is 28.7 Å². The predicted molar refractivity (Wildman–Crippen MR) is 71.1 cm³/mol. The molecule has 0 atom stereocenters. The number of benzene rings is 1. The molecule has 0 N–H and O–H groups in total. The molecule has 0 saturated heterocycles. The minimum atomic E-state index is 0.181. The van der Waals surface area contributed by atoms with Crippen molar-refractivity contribution in [1.29, 1.82) is 0 Å². The van der Waals surface area contributed by atoms with Crippen LogP contribution < -0.4 is 0 Å². The zero-order chi connectivity index (χ0) is 11.6. The monoisotopic (exact) mass is 265 g/mol. The molecule has 1 radical (unpaired) electrons. The Morgan fingerprint density at radius 3 is 2.33 bits per heavy atom. The zero-order valence-corrected chi connectivity index (χ0v) is 11.5. The molecule has 0 aliphatic carbocycles. The maximum atomic E-state index is 3.81. The lowest BCUT2D eigenvalue weighted by Gasteiger charge is -2.21.